The van der Waals surface area contributed by atoms with E-state index in [9.17, 15) is 4.79 Å². The standard InChI is InChI=1S/C18H32N6O.HI/c1-6-16-15(17(7-2)22(5)21-16)13-20-18(19-8-3)24-11-9-23(10-12-24)14(4)25;/h6-13H2,1-5H3,(H,19,20);1H. The number of aromatic nitrogens is 2. The van der Waals surface area contributed by atoms with Crippen molar-refractivity contribution in [2.24, 2.45) is 12.0 Å². The fourth-order valence-corrected chi connectivity index (χ4v) is 3.39. The molecular weight excluding hydrogens is 443 g/mol. The van der Waals surface area contributed by atoms with Gasteiger partial charge in [-0.25, -0.2) is 4.99 Å². The van der Waals surface area contributed by atoms with Gasteiger partial charge in [0, 0.05) is 58.0 Å². The number of hydrogen-bond acceptors (Lipinski definition) is 3. The molecule has 1 saturated heterocycles. The van der Waals surface area contributed by atoms with Crippen molar-refractivity contribution in [3.8, 4) is 0 Å². The van der Waals surface area contributed by atoms with Gasteiger partial charge >= 0.3 is 0 Å². The molecule has 2 heterocycles. The molecule has 0 aromatic carbocycles. The third kappa shape index (κ3) is 5.34. The van der Waals surface area contributed by atoms with Gasteiger partial charge in [-0.05, 0) is 19.8 Å². The molecule has 1 aromatic rings. The minimum atomic E-state index is 0. The molecule has 0 aliphatic carbocycles. The van der Waals surface area contributed by atoms with Crippen molar-refractivity contribution in [3.05, 3.63) is 17.0 Å². The lowest BCUT2D eigenvalue weighted by molar-refractivity contribution is -0.130. The van der Waals surface area contributed by atoms with E-state index in [1.807, 2.05) is 16.6 Å². The third-order valence-electron chi connectivity index (χ3n) is 4.77. The van der Waals surface area contributed by atoms with Crippen molar-refractivity contribution in [2.45, 2.75) is 47.1 Å². The molecule has 2 rings (SSSR count). The lowest BCUT2D eigenvalue weighted by atomic mass is 10.1. The van der Waals surface area contributed by atoms with E-state index < -0.39 is 0 Å². The average Bonchev–Trinajstić information content (AvgIpc) is 2.93. The van der Waals surface area contributed by atoms with E-state index in [-0.39, 0.29) is 29.9 Å². The smallest absolute Gasteiger partial charge is 0.219 e. The van der Waals surface area contributed by atoms with E-state index in [2.05, 4.69) is 36.1 Å². The Morgan fingerprint density at radius 2 is 1.73 bits per heavy atom. The SMILES string of the molecule is CCNC(=NCc1c(CC)nn(C)c1CC)N1CCN(C(C)=O)CC1.I. The number of rotatable bonds is 5. The van der Waals surface area contributed by atoms with Crippen molar-refractivity contribution in [3.63, 3.8) is 0 Å². The van der Waals surface area contributed by atoms with Gasteiger partial charge in [-0.3, -0.25) is 9.48 Å². The third-order valence-corrected chi connectivity index (χ3v) is 4.77. The fraction of sp³-hybridized carbons (Fsp3) is 0.722. The molecule has 0 atom stereocenters. The van der Waals surface area contributed by atoms with Gasteiger partial charge in [0.05, 0.1) is 12.2 Å². The molecule has 1 aliphatic heterocycles. The number of piperazine rings is 1. The minimum absolute atomic E-state index is 0. The minimum Gasteiger partial charge on any atom is -0.357 e. The predicted octanol–water partition coefficient (Wildman–Crippen LogP) is 1.79. The summed E-state index contributed by atoms with van der Waals surface area (Å²) in [6, 6.07) is 0. The number of carbonyl (C=O) groups is 1. The van der Waals surface area contributed by atoms with Gasteiger partial charge in [-0.15, -0.1) is 24.0 Å². The monoisotopic (exact) mass is 476 g/mol. The summed E-state index contributed by atoms with van der Waals surface area (Å²) in [5, 5.41) is 8.03. The maximum atomic E-state index is 11.5. The lowest BCUT2D eigenvalue weighted by Gasteiger charge is -2.36. The average molecular weight is 476 g/mol. The summed E-state index contributed by atoms with van der Waals surface area (Å²) in [4.78, 5) is 20.5. The second-order valence-corrected chi connectivity index (χ2v) is 6.37. The molecule has 0 bridgehead atoms. The van der Waals surface area contributed by atoms with E-state index in [1.165, 1.54) is 11.3 Å². The van der Waals surface area contributed by atoms with Crippen LogP contribution in [0.5, 0.6) is 0 Å². The van der Waals surface area contributed by atoms with Crippen LogP contribution in [-0.4, -0.2) is 64.2 Å². The van der Waals surface area contributed by atoms with E-state index in [0.29, 0.717) is 6.54 Å². The molecule has 26 heavy (non-hydrogen) atoms. The molecule has 1 fully saturated rings. The molecule has 8 heteroatoms. The Kier molecular flexibility index (Phi) is 9.38. The predicted molar refractivity (Wildman–Crippen MR) is 116 cm³/mol. The molecule has 1 aromatic heterocycles. The van der Waals surface area contributed by atoms with Crippen LogP contribution in [0.25, 0.3) is 0 Å². The molecule has 7 nitrogen and oxygen atoms in total. The van der Waals surface area contributed by atoms with Crippen LogP contribution >= 0.6 is 24.0 Å². The summed E-state index contributed by atoms with van der Waals surface area (Å²) < 4.78 is 1.99. The van der Waals surface area contributed by atoms with Crippen LogP contribution in [-0.2, 0) is 31.2 Å². The quantitative estimate of drug-likeness (QED) is 0.400. The zero-order chi connectivity index (χ0) is 18.4. The summed E-state index contributed by atoms with van der Waals surface area (Å²) in [6.07, 6.45) is 1.88. The molecule has 0 radical (unpaired) electrons. The highest BCUT2D eigenvalue weighted by Crippen LogP contribution is 2.17. The zero-order valence-corrected chi connectivity index (χ0v) is 19.0. The number of carbonyl (C=O) groups excluding carboxylic acids is 1. The maximum absolute atomic E-state index is 11.5. The Hall–Kier alpha value is -1.32. The van der Waals surface area contributed by atoms with Gasteiger partial charge in [0.1, 0.15) is 0 Å². The van der Waals surface area contributed by atoms with Crippen LogP contribution in [0, 0.1) is 0 Å². The Morgan fingerprint density at radius 1 is 1.12 bits per heavy atom. The Bertz CT molecular complexity index is 619. The normalized spacial score (nSPS) is 15.0. The number of hydrogen-bond donors (Lipinski definition) is 1. The number of aliphatic imine (C=N–C) groups is 1. The lowest BCUT2D eigenvalue weighted by Crippen LogP contribution is -2.53. The first kappa shape index (κ1) is 22.7. The number of halogens is 1. The number of amides is 1. The highest BCUT2D eigenvalue weighted by atomic mass is 127. The molecule has 0 unspecified atom stereocenters. The number of aryl methyl sites for hydroxylation is 2. The maximum Gasteiger partial charge on any atom is 0.219 e. The first-order valence-corrected chi connectivity index (χ1v) is 9.34. The van der Waals surface area contributed by atoms with Crippen LogP contribution in [0.1, 0.15) is 44.6 Å². The van der Waals surface area contributed by atoms with Gasteiger partial charge in [0.15, 0.2) is 5.96 Å². The van der Waals surface area contributed by atoms with Crippen LogP contribution in [0.2, 0.25) is 0 Å². The Morgan fingerprint density at radius 3 is 2.23 bits per heavy atom. The molecule has 1 amide bonds. The molecule has 1 N–H and O–H groups in total. The molecule has 1 aliphatic rings. The molecule has 0 saturated carbocycles. The molecule has 148 valence electrons. The fourth-order valence-electron chi connectivity index (χ4n) is 3.39. The Labute approximate surface area is 174 Å². The highest BCUT2D eigenvalue weighted by Gasteiger charge is 2.21. The first-order chi connectivity index (χ1) is 12.0. The Balaban J connectivity index is 0.00000338. The van der Waals surface area contributed by atoms with Gasteiger partial charge in [0.2, 0.25) is 5.91 Å². The summed E-state index contributed by atoms with van der Waals surface area (Å²) in [5.74, 6) is 1.08. The first-order valence-electron chi connectivity index (χ1n) is 9.34. The van der Waals surface area contributed by atoms with E-state index in [1.54, 1.807) is 6.92 Å². The highest BCUT2D eigenvalue weighted by molar-refractivity contribution is 14.0. The van der Waals surface area contributed by atoms with Crippen LogP contribution in [0.4, 0.5) is 0 Å². The van der Waals surface area contributed by atoms with E-state index in [0.717, 1.165) is 57.2 Å². The largest absolute Gasteiger partial charge is 0.357 e. The van der Waals surface area contributed by atoms with Crippen LogP contribution in [0.15, 0.2) is 4.99 Å². The van der Waals surface area contributed by atoms with E-state index in [4.69, 9.17) is 4.99 Å². The van der Waals surface area contributed by atoms with E-state index >= 15 is 0 Å². The van der Waals surface area contributed by atoms with Crippen molar-refractivity contribution in [2.75, 3.05) is 32.7 Å². The topological polar surface area (TPSA) is 65.8 Å². The number of guanidine groups is 1. The van der Waals surface area contributed by atoms with Gasteiger partial charge in [-0.1, -0.05) is 13.8 Å². The summed E-state index contributed by atoms with van der Waals surface area (Å²) in [5.41, 5.74) is 3.66. The summed E-state index contributed by atoms with van der Waals surface area (Å²) >= 11 is 0. The van der Waals surface area contributed by atoms with Gasteiger partial charge in [-0.2, -0.15) is 5.10 Å². The summed E-state index contributed by atoms with van der Waals surface area (Å²) in [6.45, 7) is 12.7. The van der Waals surface area contributed by atoms with Crippen LogP contribution in [0.3, 0.4) is 0 Å². The van der Waals surface area contributed by atoms with Crippen molar-refractivity contribution < 1.29 is 4.79 Å². The van der Waals surface area contributed by atoms with Crippen molar-refractivity contribution in [1.82, 2.24) is 24.9 Å². The van der Waals surface area contributed by atoms with Crippen LogP contribution < -0.4 is 5.32 Å². The molecule has 0 spiro atoms. The second kappa shape index (κ2) is 10.7. The summed E-state index contributed by atoms with van der Waals surface area (Å²) in [7, 11) is 2.01. The van der Waals surface area contributed by atoms with Crippen molar-refractivity contribution >= 4 is 35.8 Å². The van der Waals surface area contributed by atoms with Crippen molar-refractivity contribution in [1.29, 1.82) is 0 Å². The second-order valence-electron chi connectivity index (χ2n) is 6.37. The number of nitrogens with one attached hydrogen (secondary N) is 1. The molecular formula is C18H33IN6O. The van der Waals surface area contributed by atoms with Gasteiger partial charge in [0.25, 0.3) is 0 Å². The van der Waals surface area contributed by atoms with Gasteiger partial charge < -0.3 is 15.1 Å². The number of nitrogens with zero attached hydrogens (tertiary/aromatic N) is 5. The zero-order valence-electron chi connectivity index (χ0n) is 16.7.